The van der Waals surface area contributed by atoms with E-state index in [0.29, 0.717) is 5.69 Å². The molecule has 1 amide bonds. The number of hydrogen-bond donors (Lipinski definition) is 2. The molecule has 2 aromatic rings. The van der Waals surface area contributed by atoms with E-state index in [1.807, 2.05) is 0 Å². The molecule has 0 aliphatic carbocycles. The molecule has 2 N–H and O–H groups in total. The number of amides is 1. The number of aliphatic hydroxyl groups excluding tert-OH is 1. The molecule has 0 radical (unpaired) electrons. The lowest BCUT2D eigenvalue weighted by atomic mass is 10.2. The van der Waals surface area contributed by atoms with Gasteiger partial charge in [0.15, 0.2) is 0 Å². The van der Waals surface area contributed by atoms with Crippen LogP contribution in [0.2, 0.25) is 0 Å². The lowest BCUT2D eigenvalue weighted by Crippen LogP contribution is -2.12. The molecule has 1 heterocycles. The van der Waals surface area contributed by atoms with Crippen LogP contribution in [0.1, 0.15) is 22.3 Å². The van der Waals surface area contributed by atoms with Crippen LogP contribution in [0, 0.1) is 17.7 Å². The summed E-state index contributed by atoms with van der Waals surface area (Å²) < 4.78 is 13.8. The number of carbonyl (C=O) groups is 1. The van der Waals surface area contributed by atoms with Crippen molar-refractivity contribution in [1.82, 2.24) is 9.97 Å². The highest BCUT2D eigenvalue weighted by atomic mass is 19.1. The molecule has 0 aliphatic rings. The Morgan fingerprint density at radius 2 is 2.10 bits per heavy atom. The standard InChI is InChI=1S/C15H12FN3O2/c16-14-7-13(5-4-11(14)3-1-2-6-20)19-15(21)12-8-17-10-18-9-12/h4-5,7-10,20H,2,6H2,(H,19,21). The Morgan fingerprint density at radius 1 is 1.33 bits per heavy atom. The first-order valence-electron chi connectivity index (χ1n) is 6.16. The van der Waals surface area contributed by atoms with Gasteiger partial charge in [-0.25, -0.2) is 14.4 Å². The molecular formula is C15H12FN3O2. The summed E-state index contributed by atoms with van der Waals surface area (Å²) >= 11 is 0. The quantitative estimate of drug-likeness (QED) is 0.840. The Labute approximate surface area is 120 Å². The number of benzene rings is 1. The number of nitrogens with zero attached hydrogens (tertiary/aromatic N) is 2. The molecule has 0 saturated carbocycles. The summed E-state index contributed by atoms with van der Waals surface area (Å²) in [6, 6.07) is 4.20. The largest absolute Gasteiger partial charge is 0.395 e. The third kappa shape index (κ3) is 4.09. The summed E-state index contributed by atoms with van der Waals surface area (Å²) in [6.45, 7) is -0.0676. The number of hydrogen-bond acceptors (Lipinski definition) is 4. The van der Waals surface area contributed by atoms with E-state index in [4.69, 9.17) is 5.11 Å². The number of halogens is 1. The zero-order valence-corrected chi connectivity index (χ0v) is 11.0. The lowest BCUT2D eigenvalue weighted by Gasteiger charge is -2.05. The minimum Gasteiger partial charge on any atom is -0.395 e. The van der Waals surface area contributed by atoms with Crippen LogP contribution in [-0.4, -0.2) is 27.6 Å². The maximum absolute atomic E-state index is 13.8. The molecule has 0 fully saturated rings. The van der Waals surface area contributed by atoms with Gasteiger partial charge in [-0.15, -0.1) is 0 Å². The highest BCUT2D eigenvalue weighted by Crippen LogP contribution is 2.14. The van der Waals surface area contributed by atoms with Crippen molar-refractivity contribution in [2.75, 3.05) is 11.9 Å². The first-order valence-corrected chi connectivity index (χ1v) is 6.16. The van der Waals surface area contributed by atoms with E-state index in [9.17, 15) is 9.18 Å². The lowest BCUT2D eigenvalue weighted by molar-refractivity contribution is 0.102. The molecule has 21 heavy (non-hydrogen) atoms. The van der Waals surface area contributed by atoms with Crippen LogP contribution in [0.4, 0.5) is 10.1 Å². The second-order valence-corrected chi connectivity index (χ2v) is 4.05. The molecule has 0 saturated heterocycles. The first kappa shape index (κ1) is 14.6. The SMILES string of the molecule is O=C(Nc1ccc(C#CCCO)c(F)c1)c1cncnc1. The first-order chi connectivity index (χ1) is 10.2. The zero-order chi connectivity index (χ0) is 15.1. The summed E-state index contributed by atoms with van der Waals surface area (Å²) in [5.74, 6) is 4.28. The molecule has 0 atom stereocenters. The van der Waals surface area contributed by atoms with Crippen molar-refractivity contribution in [3.63, 3.8) is 0 Å². The van der Waals surface area contributed by atoms with Gasteiger partial charge < -0.3 is 10.4 Å². The van der Waals surface area contributed by atoms with Crippen molar-refractivity contribution < 1.29 is 14.3 Å². The number of aromatic nitrogens is 2. The Kier molecular flexibility index (Phi) is 4.96. The van der Waals surface area contributed by atoms with Gasteiger partial charge in [-0.3, -0.25) is 4.79 Å². The summed E-state index contributed by atoms with van der Waals surface area (Å²) in [6.07, 6.45) is 4.34. The molecule has 0 aliphatic heterocycles. The Morgan fingerprint density at radius 3 is 2.76 bits per heavy atom. The maximum Gasteiger partial charge on any atom is 0.258 e. The zero-order valence-electron chi connectivity index (χ0n) is 11.0. The van der Waals surface area contributed by atoms with Crippen molar-refractivity contribution in [2.24, 2.45) is 0 Å². The van der Waals surface area contributed by atoms with Gasteiger partial charge in [0.05, 0.1) is 17.7 Å². The van der Waals surface area contributed by atoms with E-state index < -0.39 is 11.7 Å². The molecule has 1 aromatic carbocycles. The molecule has 0 bridgehead atoms. The number of carbonyl (C=O) groups excluding carboxylic acids is 1. The molecule has 1 aromatic heterocycles. The van der Waals surface area contributed by atoms with E-state index >= 15 is 0 Å². The predicted molar refractivity (Wildman–Crippen MR) is 75.0 cm³/mol. The summed E-state index contributed by atoms with van der Waals surface area (Å²) in [5.41, 5.74) is 0.809. The number of anilines is 1. The van der Waals surface area contributed by atoms with Crippen LogP contribution in [-0.2, 0) is 0 Å². The average Bonchev–Trinajstić information content (AvgIpc) is 2.50. The number of aliphatic hydroxyl groups is 1. The third-order valence-electron chi connectivity index (χ3n) is 2.51. The predicted octanol–water partition coefficient (Wildman–Crippen LogP) is 1.60. The van der Waals surface area contributed by atoms with Gasteiger partial charge in [0.2, 0.25) is 0 Å². The van der Waals surface area contributed by atoms with Gasteiger partial charge in [0, 0.05) is 24.5 Å². The van der Waals surface area contributed by atoms with Crippen molar-refractivity contribution in [3.05, 3.63) is 53.9 Å². The Bertz CT molecular complexity index is 693. The summed E-state index contributed by atoms with van der Waals surface area (Å²) in [4.78, 5) is 19.3. The molecule has 2 rings (SSSR count). The third-order valence-corrected chi connectivity index (χ3v) is 2.51. The fourth-order valence-corrected chi connectivity index (χ4v) is 1.53. The van der Waals surface area contributed by atoms with Gasteiger partial charge in [0.1, 0.15) is 12.1 Å². The van der Waals surface area contributed by atoms with Crippen molar-refractivity contribution >= 4 is 11.6 Å². The molecule has 0 spiro atoms. The highest BCUT2D eigenvalue weighted by Gasteiger charge is 2.08. The minimum atomic E-state index is -0.539. The second-order valence-electron chi connectivity index (χ2n) is 4.05. The van der Waals surface area contributed by atoms with Crippen LogP contribution in [0.3, 0.4) is 0 Å². The van der Waals surface area contributed by atoms with Crippen molar-refractivity contribution in [2.45, 2.75) is 6.42 Å². The van der Waals surface area contributed by atoms with E-state index in [2.05, 4.69) is 27.1 Å². The van der Waals surface area contributed by atoms with E-state index in [1.165, 1.54) is 30.9 Å². The summed E-state index contributed by atoms with van der Waals surface area (Å²) in [7, 11) is 0. The van der Waals surface area contributed by atoms with Crippen LogP contribution in [0.5, 0.6) is 0 Å². The smallest absolute Gasteiger partial charge is 0.258 e. The molecule has 6 heteroatoms. The number of rotatable bonds is 3. The molecular weight excluding hydrogens is 273 g/mol. The van der Waals surface area contributed by atoms with Gasteiger partial charge >= 0.3 is 0 Å². The average molecular weight is 285 g/mol. The van der Waals surface area contributed by atoms with Crippen LogP contribution in [0.25, 0.3) is 0 Å². The van der Waals surface area contributed by atoms with Crippen molar-refractivity contribution in [1.29, 1.82) is 0 Å². The summed E-state index contributed by atoms with van der Waals surface area (Å²) in [5, 5.41) is 11.2. The molecule has 106 valence electrons. The fourth-order valence-electron chi connectivity index (χ4n) is 1.53. The minimum absolute atomic E-state index is 0.0676. The normalized spacial score (nSPS) is 9.62. The van der Waals surface area contributed by atoms with Gasteiger partial charge in [-0.05, 0) is 18.2 Å². The molecule has 5 nitrogen and oxygen atoms in total. The van der Waals surface area contributed by atoms with Crippen LogP contribution in [0.15, 0.2) is 36.9 Å². The van der Waals surface area contributed by atoms with E-state index in [-0.39, 0.29) is 24.2 Å². The fraction of sp³-hybridized carbons (Fsp3) is 0.133. The van der Waals surface area contributed by atoms with Crippen LogP contribution < -0.4 is 5.32 Å². The van der Waals surface area contributed by atoms with Crippen LogP contribution >= 0.6 is 0 Å². The maximum atomic E-state index is 13.8. The van der Waals surface area contributed by atoms with Crippen molar-refractivity contribution in [3.8, 4) is 11.8 Å². The second kappa shape index (κ2) is 7.12. The molecule has 0 unspecified atom stereocenters. The monoisotopic (exact) mass is 285 g/mol. The van der Waals surface area contributed by atoms with E-state index in [0.717, 1.165) is 0 Å². The van der Waals surface area contributed by atoms with Gasteiger partial charge in [-0.2, -0.15) is 0 Å². The number of nitrogens with one attached hydrogen (secondary N) is 1. The van der Waals surface area contributed by atoms with Gasteiger partial charge in [-0.1, -0.05) is 11.8 Å². The highest BCUT2D eigenvalue weighted by molar-refractivity contribution is 6.03. The topological polar surface area (TPSA) is 75.1 Å². The van der Waals surface area contributed by atoms with E-state index in [1.54, 1.807) is 6.07 Å². The Hall–Kier alpha value is -2.78. The Balaban J connectivity index is 2.11. The van der Waals surface area contributed by atoms with Gasteiger partial charge in [0.25, 0.3) is 5.91 Å².